The lowest BCUT2D eigenvalue weighted by molar-refractivity contribution is 0.0944. The van der Waals surface area contributed by atoms with Crippen LogP contribution in [0.4, 0.5) is 4.39 Å². The standard InChI is InChI=1S/C25H19FN6O/c26-20-6-8-21(9-7-20)31-17-28-15-23(31)25(33)29-14-19-16-32(22-4-2-1-3-5-22)30-24(19)18-10-12-27-13-11-18/h1-13,15-17H,14H2,(H,29,33). The van der Waals surface area contributed by atoms with Crippen molar-refractivity contribution in [3.8, 4) is 22.6 Å². The minimum Gasteiger partial charge on any atom is -0.346 e. The predicted molar refractivity (Wildman–Crippen MR) is 121 cm³/mol. The van der Waals surface area contributed by atoms with E-state index < -0.39 is 0 Å². The zero-order valence-electron chi connectivity index (χ0n) is 17.5. The van der Waals surface area contributed by atoms with Crippen molar-refractivity contribution in [1.82, 2.24) is 29.6 Å². The number of hydrogen-bond donors (Lipinski definition) is 1. The van der Waals surface area contributed by atoms with Gasteiger partial charge in [0.25, 0.3) is 5.91 Å². The van der Waals surface area contributed by atoms with E-state index in [0.29, 0.717) is 11.4 Å². The van der Waals surface area contributed by atoms with Crippen molar-refractivity contribution in [1.29, 1.82) is 0 Å². The van der Waals surface area contributed by atoms with E-state index in [2.05, 4.69) is 15.3 Å². The van der Waals surface area contributed by atoms with Crippen LogP contribution < -0.4 is 5.32 Å². The van der Waals surface area contributed by atoms with Gasteiger partial charge in [-0.1, -0.05) is 18.2 Å². The number of para-hydroxylation sites is 1. The Hall–Kier alpha value is -4.59. The fourth-order valence-corrected chi connectivity index (χ4v) is 3.54. The summed E-state index contributed by atoms with van der Waals surface area (Å²) in [5.74, 6) is -0.645. The van der Waals surface area contributed by atoms with Gasteiger partial charge >= 0.3 is 0 Å². The van der Waals surface area contributed by atoms with Crippen LogP contribution >= 0.6 is 0 Å². The van der Waals surface area contributed by atoms with E-state index in [-0.39, 0.29) is 18.3 Å². The van der Waals surface area contributed by atoms with Crippen LogP contribution in [0, 0.1) is 5.82 Å². The summed E-state index contributed by atoms with van der Waals surface area (Å²) >= 11 is 0. The maximum atomic E-state index is 13.3. The van der Waals surface area contributed by atoms with Crippen molar-refractivity contribution in [3.05, 3.63) is 115 Å². The number of carbonyl (C=O) groups excluding carboxylic acids is 1. The van der Waals surface area contributed by atoms with Gasteiger partial charge < -0.3 is 5.32 Å². The predicted octanol–water partition coefficient (Wildman–Crippen LogP) is 4.19. The molecular weight excluding hydrogens is 419 g/mol. The Morgan fingerprint density at radius 1 is 0.909 bits per heavy atom. The lowest BCUT2D eigenvalue weighted by atomic mass is 10.1. The van der Waals surface area contributed by atoms with Gasteiger partial charge in [0, 0.05) is 41.9 Å². The first-order valence-corrected chi connectivity index (χ1v) is 10.3. The van der Waals surface area contributed by atoms with E-state index in [0.717, 1.165) is 22.5 Å². The van der Waals surface area contributed by atoms with Crippen molar-refractivity contribution in [3.63, 3.8) is 0 Å². The number of benzene rings is 2. The second kappa shape index (κ2) is 8.88. The highest BCUT2D eigenvalue weighted by atomic mass is 19.1. The van der Waals surface area contributed by atoms with E-state index in [9.17, 15) is 9.18 Å². The van der Waals surface area contributed by atoms with E-state index in [1.165, 1.54) is 24.7 Å². The van der Waals surface area contributed by atoms with E-state index >= 15 is 0 Å². The Bertz CT molecular complexity index is 1380. The Morgan fingerprint density at radius 2 is 1.67 bits per heavy atom. The van der Waals surface area contributed by atoms with Gasteiger partial charge in [-0.2, -0.15) is 5.10 Å². The molecule has 0 aliphatic heterocycles. The fourth-order valence-electron chi connectivity index (χ4n) is 3.54. The molecular formula is C25H19FN6O. The number of pyridine rings is 1. The number of imidazole rings is 1. The maximum absolute atomic E-state index is 13.3. The molecule has 3 heterocycles. The molecule has 1 amide bonds. The Morgan fingerprint density at radius 3 is 2.42 bits per heavy atom. The third-order valence-electron chi connectivity index (χ3n) is 5.18. The lowest BCUT2D eigenvalue weighted by Crippen LogP contribution is -2.25. The van der Waals surface area contributed by atoms with E-state index in [1.54, 1.807) is 33.8 Å². The SMILES string of the molecule is O=C(NCc1cn(-c2ccccc2)nc1-c1ccncc1)c1cncn1-c1ccc(F)cc1. The summed E-state index contributed by atoms with van der Waals surface area (Å²) < 4.78 is 16.7. The molecule has 33 heavy (non-hydrogen) atoms. The highest BCUT2D eigenvalue weighted by Gasteiger charge is 2.16. The number of aromatic nitrogens is 5. The van der Waals surface area contributed by atoms with Gasteiger partial charge in [0.05, 0.1) is 23.9 Å². The third-order valence-corrected chi connectivity index (χ3v) is 5.18. The number of nitrogens with one attached hydrogen (secondary N) is 1. The molecule has 0 radical (unpaired) electrons. The summed E-state index contributed by atoms with van der Waals surface area (Å²) in [7, 11) is 0. The first kappa shape index (κ1) is 20.3. The summed E-state index contributed by atoms with van der Waals surface area (Å²) in [6.07, 6.45) is 8.33. The summed E-state index contributed by atoms with van der Waals surface area (Å²) in [5.41, 5.74) is 4.43. The quantitative estimate of drug-likeness (QED) is 0.431. The van der Waals surface area contributed by atoms with Crippen LogP contribution in [0.15, 0.2) is 97.8 Å². The van der Waals surface area contributed by atoms with Crippen LogP contribution in [0.3, 0.4) is 0 Å². The molecule has 2 aromatic carbocycles. The zero-order valence-corrected chi connectivity index (χ0v) is 17.5. The number of amides is 1. The van der Waals surface area contributed by atoms with Crippen LogP contribution in [-0.4, -0.2) is 30.2 Å². The van der Waals surface area contributed by atoms with Crippen LogP contribution in [0.25, 0.3) is 22.6 Å². The first-order chi connectivity index (χ1) is 16.2. The molecule has 0 aliphatic rings. The normalized spacial score (nSPS) is 10.8. The smallest absolute Gasteiger partial charge is 0.270 e. The summed E-state index contributed by atoms with van der Waals surface area (Å²) in [6.45, 7) is 0.262. The maximum Gasteiger partial charge on any atom is 0.270 e. The average Bonchev–Trinajstić information content (AvgIpc) is 3.52. The highest BCUT2D eigenvalue weighted by Crippen LogP contribution is 2.23. The Labute approximate surface area is 189 Å². The molecule has 7 nitrogen and oxygen atoms in total. The van der Waals surface area contributed by atoms with Crippen LogP contribution in [0.2, 0.25) is 0 Å². The van der Waals surface area contributed by atoms with Crippen LogP contribution in [0.5, 0.6) is 0 Å². The number of halogens is 1. The summed E-state index contributed by atoms with van der Waals surface area (Å²) in [4.78, 5) is 21.2. The largest absolute Gasteiger partial charge is 0.346 e. The minimum absolute atomic E-state index is 0.262. The number of rotatable bonds is 6. The Kier molecular flexibility index (Phi) is 5.47. The van der Waals surface area contributed by atoms with Gasteiger partial charge in [-0.3, -0.25) is 14.3 Å². The second-order valence-electron chi connectivity index (χ2n) is 7.33. The molecule has 5 aromatic rings. The van der Waals surface area contributed by atoms with Gasteiger partial charge in [0.15, 0.2) is 0 Å². The number of hydrogen-bond acceptors (Lipinski definition) is 4. The molecule has 162 valence electrons. The average molecular weight is 438 g/mol. The molecule has 0 fully saturated rings. The van der Waals surface area contributed by atoms with Gasteiger partial charge in [0.1, 0.15) is 11.5 Å². The monoisotopic (exact) mass is 438 g/mol. The zero-order chi connectivity index (χ0) is 22.6. The van der Waals surface area contributed by atoms with Crippen molar-refractivity contribution < 1.29 is 9.18 Å². The van der Waals surface area contributed by atoms with Crippen LogP contribution in [0.1, 0.15) is 16.1 Å². The first-order valence-electron chi connectivity index (χ1n) is 10.3. The molecule has 5 rings (SSSR count). The van der Waals surface area contributed by atoms with Gasteiger partial charge in [-0.05, 0) is 48.5 Å². The number of nitrogens with zero attached hydrogens (tertiary/aromatic N) is 5. The molecule has 0 aliphatic carbocycles. The molecule has 8 heteroatoms. The molecule has 0 saturated carbocycles. The molecule has 0 unspecified atom stereocenters. The van der Waals surface area contributed by atoms with Gasteiger partial charge in [-0.25, -0.2) is 14.1 Å². The summed E-state index contributed by atoms with van der Waals surface area (Å²) in [6, 6.07) is 19.4. The fraction of sp³-hybridized carbons (Fsp3) is 0.0400. The molecule has 1 N–H and O–H groups in total. The van der Waals surface area contributed by atoms with Crippen molar-refractivity contribution in [2.75, 3.05) is 0 Å². The van der Waals surface area contributed by atoms with E-state index in [1.807, 2.05) is 48.7 Å². The topological polar surface area (TPSA) is 77.6 Å². The lowest BCUT2D eigenvalue weighted by Gasteiger charge is -2.09. The van der Waals surface area contributed by atoms with Crippen LogP contribution in [-0.2, 0) is 6.54 Å². The highest BCUT2D eigenvalue weighted by molar-refractivity contribution is 5.93. The summed E-state index contributed by atoms with van der Waals surface area (Å²) in [5, 5.41) is 7.70. The molecule has 0 bridgehead atoms. The molecule has 3 aromatic heterocycles. The molecule has 0 spiro atoms. The van der Waals surface area contributed by atoms with Gasteiger partial charge in [-0.15, -0.1) is 0 Å². The Balaban J connectivity index is 1.42. The second-order valence-corrected chi connectivity index (χ2v) is 7.33. The van der Waals surface area contributed by atoms with Crippen molar-refractivity contribution in [2.45, 2.75) is 6.54 Å². The third kappa shape index (κ3) is 4.27. The molecule has 0 saturated heterocycles. The van der Waals surface area contributed by atoms with Crippen molar-refractivity contribution in [2.24, 2.45) is 0 Å². The van der Waals surface area contributed by atoms with Crippen molar-refractivity contribution >= 4 is 5.91 Å². The van der Waals surface area contributed by atoms with Gasteiger partial charge in [0.2, 0.25) is 0 Å². The van der Waals surface area contributed by atoms with E-state index in [4.69, 9.17) is 5.10 Å². The number of carbonyl (C=O) groups is 1. The minimum atomic E-state index is -0.344. The molecule has 0 atom stereocenters.